The monoisotopic (exact) mass is 453 g/mol. The van der Waals surface area contributed by atoms with E-state index in [9.17, 15) is 13.2 Å². The highest BCUT2D eigenvalue weighted by Crippen LogP contribution is 2.25. The van der Waals surface area contributed by atoms with E-state index < -0.39 is 10.2 Å². The third-order valence-corrected chi connectivity index (χ3v) is 8.16. The zero-order valence-corrected chi connectivity index (χ0v) is 19.5. The van der Waals surface area contributed by atoms with Crippen molar-refractivity contribution in [1.29, 1.82) is 0 Å². The second-order valence-corrected chi connectivity index (χ2v) is 10.2. The summed E-state index contributed by atoms with van der Waals surface area (Å²) in [6, 6.07) is 5.62. The molecule has 2 fully saturated rings. The van der Waals surface area contributed by atoms with Crippen molar-refractivity contribution in [2.75, 3.05) is 46.9 Å². The van der Waals surface area contributed by atoms with Crippen molar-refractivity contribution in [2.24, 2.45) is 5.92 Å². The molecule has 1 aromatic rings. The van der Waals surface area contributed by atoms with Crippen molar-refractivity contribution < 1.29 is 22.7 Å². The predicted molar refractivity (Wildman–Crippen MR) is 120 cm³/mol. The molecule has 3 rings (SSSR count). The number of amides is 1. The van der Waals surface area contributed by atoms with E-state index in [0.29, 0.717) is 45.4 Å². The molecule has 31 heavy (non-hydrogen) atoms. The van der Waals surface area contributed by atoms with Crippen LogP contribution in [0.3, 0.4) is 0 Å². The molecule has 2 saturated heterocycles. The van der Waals surface area contributed by atoms with Crippen molar-refractivity contribution in [3.8, 4) is 11.5 Å². The number of ether oxygens (including phenoxy) is 2. The fraction of sp³-hybridized carbons (Fsp3) is 0.682. The first-order valence-corrected chi connectivity index (χ1v) is 12.6. The standard InChI is InChI=1S/C22H35N3O5S/c1-29-20-10-9-18(21(16-20)30-2)11-12-23-22(26)19-8-7-15-25(17-19)31(27,28)24-13-5-3-4-6-14-24/h9-10,16,19H,3-8,11-15,17H2,1-2H3,(H,23,26)/t19-/m0/s1. The van der Waals surface area contributed by atoms with Gasteiger partial charge in [0.1, 0.15) is 11.5 Å². The first-order chi connectivity index (χ1) is 15.0. The number of rotatable bonds is 8. The predicted octanol–water partition coefficient (Wildman–Crippen LogP) is 2.20. The average molecular weight is 454 g/mol. The van der Waals surface area contributed by atoms with Crippen molar-refractivity contribution in [3.05, 3.63) is 23.8 Å². The molecule has 0 saturated carbocycles. The van der Waals surface area contributed by atoms with E-state index in [0.717, 1.165) is 42.7 Å². The molecule has 8 nitrogen and oxygen atoms in total. The molecular weight excluding hydrogens is 418 g/mol. The molecule has 1 amide bonds. The number of hydrogen-bond acceptors (Lipinski definition) is 5. The van der Waals surface area contributed by atoms with Crippen molar-refractivity contribution >= 4 is 16.1 Å². The molecule has 2 heterocycles. The normalized spacial score (nSPS) is 21.3. The lowest BCUT2D eigenvalue weighted by atomic mass is 9.98. The summed E-state index contributed by atoms with van der Waals surface area (Å²) >= 11 is 0. The second-order valence-electron chi connectivity index (χ2n) is 8.24. The Hall–Kier alpha value is -1.84. The van der Waals surface area contributed by atoms with Crippen LogP contribution in [0.1, 0.15) is 44.1 Å². The molecular formula is C22H35N3O5S. The molecule has 1 N–H and O–H groups in total. The first-order valence-electron chi connectivity index (χ1n) is 11.2. The molecule has 2 aliphatic heterocycles. The molecule has 0 spiro atoms. The van der Waals surface area contributed by atoms with E-state index >= 15 is 0 Å². The Morgan fingerprint density at radius 3 is 2.42 bits per heavy atom. The number of benzene rings is 1. The Balaban J connectivity index is 1.54. The molecule has 9 heteroatoms. The zero-order chi connectivity index (χ0) is 22.3. The van der Waals surface area contributed by atoms with Crippen molar-refractivity contribution in [3.63, 3.8) is 0 Å². The van der Waals surface area contributed by atoms with Gasteiger partial charge in [0.2, 0.25) is 5.91 Å². The molecule has 174 valence electrons. The van der Waals surface area contributed by atoms with Gasteiger partial charge >= 0.3 is 0 Å². The SMILES string of the molecule is COc1ccc(CCNC(=O)[C@H]2CCCN(S(=O)(=O)N3CCCCCC3)C2)c(OC)c1. The van der Waals surface area contributed by atoms with Crippen LogP contribution < -0.4 is 14.8 Å². The Kier molecular flexibility index (Phi) is 8.57. The van der Waals surface area contributed by atoms with E-state index in [2.05, 4.69) is 5.32 Å². The maximum atomic E-state index is 13.1. The van der Waals surface area contributed by atoms with Gasteiger partial charge in [-0.15, -0.1) is 0 Å². The molecule has 0 unspecified atom stereocenters. The van der Waals surface area contributed by atoms with Crippen LogP contribution in [-0.2, 0) is 21.4 Å². The van der Waals surface area contributed by atoms with Gasteiger partial charge in [-0.05, 0) is 43.7 Å². The summed E-state index contributed by atoms with van der Waals surface area (Å²) in [4.78, 5) is 12.7. The Morgan fingerprint density at radius 2 is 1.74 bits per heavy atom. The Labute approximate surface area is 186 Å². The van der Waals surface area contributed by atoms with Crippen LogP contribution in [0.5, 0.6) is 11.5 Å². The van der Waals surface area contributed by atoms with Gasteiger partial charge in [0.25, 0.3) is 10.2 Å². The molecule has 0 radical (unpaired) electrons. The summed E-state index contributed by atoms with van der Waals surface area (Å²) in [6.45, 7) is 2.39. The number of carbonyl (C=O) groups is 1. The van der Waals surface area contributed by atoms with Crippen LogP contribution in [0, 0.1) is 5.92 Å². The molecule has 1 atom stereocenters. The largest absolute Gasteiger partial charge is 0.497 e. The number of methoxy groups -OCH3 is 2. The summed E-state index contributed by atoms with van der Waals surface area (Å²) in [5, 5.41) is 2.98. The van der Waals surface area contributed by atoms with Crippen LogP contribution in [0.25, 0.3) is 0 Å². The summed E-state index contributed by atoms with van der Waals surface area (Å²) in [5.74, 6) is 1.05. The van der Waals surface area contributed by atoms with E-state index in [1.807, 2.05) is 18.2 Å². The molecule has 1 aromatic carbocycles. The molecule has 0 bridgehead atoms. The van der Waals surface area contributed by atoms with Gasteiger partial charge in [-0.3, -0.25) is 4.79 Å². The number of nitrogens with zero attached hydrogens (tertiary/aromatic N) is 2. The summed E-state index contributed by atoms with van der Waals surface area (Å²) in [6.07, 6.45) is 6.02. The van der Waals surface area contributed by atoms with E-state index in [-0.39, 0.29) is 18.4 Å². The van der Waals surface area contributed by atoms with Crippen molar-refractivity contribution in [1.82, 2.24) is 13.9 Å². The van der Waals surface area contributed by atoms with Gasteiger partial charge < -0.3 is 14.8 Å². The van der Waals surface area contributed by atoms with E-state index in [1.54, 1.807) is 18.5 Å². The van der Waals surface area contributed by atoms with Gasteiger partial charge in [0.05, 0.1) is 20.1 Å². The zero-order valence-electron chi connectivity index (χ0n) is 18.6. The number of carbonyl (C=O) groups excluding carboxylic acids is 1. The average Bonchev–Trinajstić information content (AvgIpc) is 3.09. The maximum absolute atomic E-state index is 13.1. The van der Waals surface area contributed by atoms with Crippen LogP contribution in [0.4, 0.5) is 0 Å². The van der Waals surface area contributed by atoms with Gasteiger partial charge in [0.15, 0.2) is 0 Å². The van der Waals surface area contributed by atoms with Crippen LogP contribution in [0.15, 0.2) is 18.2 Å². The highest BCUT2D eigenvalue weighted by molar-refractivity contribution is 7.86. The minimum absolute atomic E-state index is 0.0803. The van der Waals surface area contributed by atoms with E-state index in [1.165, 1.54) is 4.31 Å². The lowest BCUT2D eigenvalue weighted by Crippen LogP contribution is -2.50. The quantitative estimate of drug-likeness (QED) is 0.652. The second kappa shape index (κ2) is 11.2. The summed E-state index contributed by atoms with van der Waals surface area (Å²) in [5.41, 5.74) is 0.984. The minimum Gasteiger partial charge on any atom is -0.497 e. The lowest BCUT2D eigenvalue weighted by molar-refractivity contribution is -0.126. The van der Waals surface area contributed by atoms with E-state index in [4.69, 9.17) is 9.47 Å². The fourth-order valence-electron chi connectivity index (χ4n) is 4.32. The fourth-order valence-corrected chi connectivity index (χ4v) is 6.10. The van der Waals surface area contributed by atoms with Crippen LogP contribution in [-0.4, -0.2) is 69.9 Å². The van der Waals surface area contributed by atoms with Gasteiger partial charge in [-0.2, -0.15) is 17.0 Å². The molecule has 0 aromatic heterocycles. The lowest BCUT2D eigenvalue weighted by Gasteiger charge is -2.34. The number of piperidine rings is 1. The maximum Gasteiger partial charge on any atom is 0.281 e. The first kappa shape index (κ1) is 23.8. The highest BCUT2D eigenvalue weighted by atomic mass is 32.2. The third kappa shape index (κ3) is 6.11. The Morgan fingerprint density at radius 1 is 1.03 bits per heavy atom. The summed E-state index contributed by atoms with van der Waals surface area (Å²) in [7, 11) is -0.280. The Bertz CT molecular complexity index is 838. The number of nitrogens with one attached hydrogen (secondary N) is 1. The van der Waals surface area contributed by atoms with Gasteiger partial charge in [-0.1, -0.05) is 18.9 Å². The third-order valence-electron chi connectivity index (χ3n) is 6.16. The summed E-state index contributed by atoms with van der Waals surface area (Å²) < 4.78 is 39.9. The highest BCUT2D eigenvalue weighted by Gasteiger charge is 2.35. The molecule has 0 aliphatic carbocycles. The van der Waals surface area contributed by atoms with Crippen LogP contribution in [0.2, 0.25) is 0 Å². The smallest absolute Gasteiger partial charge is 0.281 e. The topological polar surface area (TPSA) is 88.2 Å². The van der Waals surface area contributed by atoms with Crippen LogP contribution >= 0.6 is 0 Å². The molecule has 2 aliphatic rings. The number of hydrogen-bond donors (Lipinski definition) is 1. The van der Waals surface area contributed by atoms with Crippen molar-refractivity contribution in [2.45, 2.75) is 44.9 Å². The van der Waals surface area contributed by atoms with Gasteiger partial charge in [0, 0.05) is 38.8 Å². The van der Waals surface area contributed by atoms with Gasteiger partial charge in [-0.25, -0.2) is 0 Å². The minimum atomic E-state index is -3.50.